The summed E-state index contributed by atoms with van der Waals surface area (Å²) in [6.45, 7) is 0. The van der Waals surface area contributed by atoms with E-state index < -0.39 is 15.9 Å². The maximum atomic E-state index is 12.5. The van der Waals surface area contributed by atoms with Crippen LogP contribution in [0.1, 0.15) is 10.4 Å². The van der Waals surface area contributed by atoms with Crippen molar-refractivity contribution in [3.63, 3.8) is 0 Å². The van der Waals surface area contributed by atoms with E-state index in [-0.39, 0.29) is 10.5 Å². The summed E-state index contributed by atoms with van der Waals surface area (Å²) in [7, 11) is -2.43. The molecule has 0 spiro atoms. The van der Waals surface area contributed by atoms with Gasteiger partial charge in [-0.15, -0.1) is 0 Å². The van der Waals surface area contributed by atoms with Crippen LogP contribution in [0.15, 0.2) is 77.7 Å². The lowest BCUT2D eigenvalue weighted by Gasteiger charge is -2.10. The van der Waals surface area contributed by atoms with Gasteiger partial charge < -0.3 is 4.74 Å². The van der Waals surface area contributed by atoms with Gasteiger partial charge in [-0.1, -0.05) is 41.9 Å². The number of carbonyl (C=O) groups is 1. The third kappa shape index (κ3) is 4.30. The molecule has 0 aromatic heterocycles. The molecule has 0 fully saturated rings. The van der Waals surface area contributed by atoms with E-state index in [2.05, 4.69) is 4.72 Å². The van der Waals surface area contributed by atoms with Crippen LogP contribution < -0.4 is 9.46 Å². The van der Waals surface area contributed by atoms with Crippen molar-refractivity contribution in [2.24, 2.45) is 0 Å². The topological polar surface area (TPSA) is 72.5 Å². The van der Waals surface area contributed by atoms with Crippen LogP contribution in [0, 0.1) is 0 Å². The molecule has 0 unspecified atom stereocenters. The van der Waals surface area contributed by atoms with Gasteiger partial charge in [0, 0.05) is 16.1 Å². The number of ether oxygens (including phenoxy) is 1. The maximum absolute atomic E-state index is 12.5. The Kier molecular flexibility index (Phi) is 5.48. The lowest BCUT2D eigenvalue weighted by atomic mass is 10.0. The molecule has 0 heterocycles. The van der Waals surface area contributed by atoms with E-state index in [1.54, 1.807) is 25.3 Å². The van der Waals surface area contributed by atoms with Crippen LogP contribution in [0.25, 0.3) is 11.1 Å². The first-order valence-electron chi connectivity index (χ1n) is 7.97. The number of benzene rings is 3. The molecule has 7 heteroatoms. The van der Waals surface area contributed by atoms with Crippen molar-refractivity contribution in [2.75, 3.05) is 7.11 Å². The number of sulfonamides is 1. The van der Waals surface area contributed by atoms with Gasteiger partial charge in [0.25, 0.3) is 15.9 Å². The minimum absolute atomic E-state index is 0.0406. The molecule has 1 N–H and O–H groups in total. The average molecular weight is 402 g/mol. The van der Waals surface area contributed by atoms with Crippen LogP contribution >= 0.6 is 11.6 Å². The van der Waals surface area contributed by atoms with Gasteiger partial charge in [-0.25, -0.2) is 13.1 Å². The monoisotopic (exact) mass is 401 g/mol. The SMILES string of the molecule is COc1ccccc1-c1cccc(C(=O)NS(=O)(=O)c2ccc(Cl)cc2)c1. The van der Waals surface area contributed by atoms with Gasteiger partial charge in [0.05, 0.1) is 12.0 Å². The highest BCUT2D eigenvalue weighted by Gasteiger charge is 2.19. The summed E-state index contributed by atoms with van der Waals surface area (Å²) in [4.78, 5) is 12.5. The highest BCUT2D eigenvalue weighted by Crippen LogP contribution is 2.30. The minimum Gasteiger partial charge on any atom is -0.496 e. The predicted molar refractivity (Wildman–Crippen MR) is 105 cm³/mol. The van der Waals surface area contributed by atoms with Crippen LogP contribution in [0.5, 0.6) is 5.75 Å². The molecule has 0 aliphatic rings. The quantitative estimate of drug-likeness (QED) is 0.697. The zero-order chi connectivity index (χ0) is 19.4. The molecule has 27 heavy (non-hydrogen) atoms. The normalized spacial score (nSPS) is 11.0. The van der Waals surface area contributed by atoms with Crippen LogP contribution in [0.3, 0.4) is 0 Å². The summed E-state index contributed by atoms with van der Waals surface area (Å²) in [5.74, 6) is -0.0643. The van der Waals surface area contributed by atoms with Crippen molar-refractivity contribution < 1.29 is 17.9 Å². The maximum Gasteiger partial charge on any atom is 0.265 e. The highest BCUT2D eigenvalue weighted by molar-refractivity contribution is 7.90. The molecule has 0 aliphatic heterocycles. The van der Waals surface area contributed by atoms with Crippen molar-refractivity contribution in [1.82, 2.24) is 4.72 Å². The Morgan fingerprint density at radius 1 is 0.963 bits per heavy atom. The third-order valence-corrected chi connectivity index (χ3v) is 5.49. The Bertz CT molecular complexity index is 1080. The van der Waals surface area contributed by atoms with Gasteiger partial charge in [-0.3, -0.25) is 4.79 Å². The van der Waals surface area contributed by atoms with E-state index in [1.165, 1.54) is 24.3 Å². The summed E-state index contributed by atoms with van der Waals surface area (Å²) in [6.07, 6.45) is 0. The van der Waals surface area contributed by atoms with E-state index in [4.69, 9.17) is 16.3 Å². The summed E-state index contributed by atoms with van der Waals surface area (Å²) in [6, 6.07) is 19.6. The summed E-state index contributed by atoms with van der Waals surface area (Å²) < 4.78 is 32.2. The van der Waals surface area contributed by atoms with E-state index in [9.17, 15) is 13.2 Å². The molecule has 5 nitrogen and oxygen atoms in total. The molecule has 0 saturated heterocycles. The number of hydrogen-bond donors (Lipinski definition) is 1. The third-order valence-electron chi connectivity index (χ3n) is 3.89. The van der Waals surface area contributed by atoms with Crippen molar-refractivity contribution in [1.29, 1.82) is 0 Å². The van der Waals surface area contributed by atoms with E-state index >= 15 is 0 Å². The van der Waals surface area contributed by atoms with Crippen molar-refractivity contribution in [3.8, 4) is 16.9 Å². The molecule has 0 radical (unpaired) electrons. The van der Waals surface area contributed by atoms with Gasteiger partial charge in [0.15, 0.2) is 0 Å². The zero-order valence-corrected chi connectivity index (χ0v) is 15.9. The molecular formula is C20H16ClNO4S. The molecule has 0 saturated carbocycles. The molecule has 3 aromatic rings. The first-order valence-corrected chi connectivity index (χ1v) is 9.83. The molecule has 0 atom stereocenters. The summed E-state index contributed by atoms with van der Waals surface area (Å²) in [5.41, 5.74) is 1.76. The number of para-hydroxylation sites is 1. The fourth-order valence-electron chi connectivity index (χ4n) is 2.56. The molecule has 3 rings (SSSR count). The Labute approximate surface area is 162 Å². The number of methoxy groups -OCH3 is 1. The number of carbonyl (C=O) groups excluding carboxylic acids is 1. The minimum atomic E-state index is -4.00. The molecular weight excluding hydrogens is 386 g/mol. The molecule has 0 bridgehead atoms. The van der Waals surface area contributed by atoms with E-state index in [0.717, 1.165) is 11.1 Å². The molecule has 3 aromatic carbocycles. The average Bonchev–Trinajstić information content (AvgIpc) is 2.68. The van der Waals surface area contributed by atoms with Crippen LogP contribution in [-0.4, -0.2) is 21.4 Å². The fraction of sp³-hybridized carbons (Fsp3) is 0.0500. The van der Waals surface area contributed by atoms with E-state index in [1.807, 2.05) is 30.3 Å². The number of hydrogen-bond acceptors (Lipinski definition) is 4. The van der Waals surface area contributed by atoms with Gasteiger partial charge in [0.1, 0.15) is 5.75 Å². The van der Waals surface area contributed by atoms with Gasteiger partial charge in [-0.2, -0.15) is 0 Å². The van der Waals surface area contributed by atoms with Crippen molar-refractivity contribution in [3.05, 3.63) is 83.4 Å². The molecule has 0 aliphatic carbocycles. The Morgan fingerprint density at radius 2 is 1.67 bits per heavy atom. The molecule has 138 valence electrons. The van der Waals surface area contributed by atoms with Crippen LogP contribution in [0.2, 0.25) is 5.02 Å². The van der Waals surface area contributed by atoms with Gasteiger partial charge in [0.2, 0.25) is 0 Å². The first-order chi connectivity index (χ1) is 12.9. The van der Waals surface area contributed by atoms with Crippen molar-refractivity contribution >= 4 is 27.5 Å². The van der Waals surface area contributed by atoms with Crippen LogP contribution in [0.4, 0.5) is 0 Å². The largest absolute Gasteiger partial charge is 0.496 e. The Balaban J connectivity index is 1.89. The second kappa shape index (κ2) is 7.82. The van der Waals surface area contributed by atoms with Crippen LogP contribution in [-0.2, 0) is 10.0 Å². The van der Waals surface area contributed by atoms with Gasteiger partial charge >= 0.3 is 0 Å². The van der Waals surface area contributed by atoms with Crippen molar-refractivity contribution in [2.45, 2.75) is 4.90 Å². The standard InChI is InChI=1S/C20H16ClNO4S/c1-26-19-8-3-2-7-18(19)14-5-4-6-15(13-14)20(23)22-27(24,25)17-11-9-16(21)10-12-17/h2-13H,1H3,(H,22,23). The fourth-order valence-corrected chi connectivity index (χ4v) is 3.66. The lowest BCUT2D eigenvalue weighted by Crippen LogP contribution is -2.30. The van der Waals surface area contributed by atoms with E-state index in [0.29, 0.717) is 10.8 Å². The predicted octanol–water partition coefficient (Wildman–Crippen LogP) is 4.13. The summed E-state index contributed by atoms with van der Waals surface area (Å²) in [5, 5.41) is 0.407. The smallest absolute Gasteiger partial charge is 0.265 e. The summed E-state index contributed by atoms with van der Waals surface area (Å²) >= 11 is 5.77. The second-order valence-corrected chi connectivity index (χ2v) is 7.79. The highest BCUT2D eigenvalue weighted by atomic mass is 35.5. The van der Waals surface area contributed by atoms with Gasteiger partial charge in [-0.05, 0) is 48.0 Å². The molecule has 1 amide bonds. The number of nitrogens with one attached hydrogen (secondary N) is 1. The Hall–Kier alpha value is -2.83. The number of halogens is 1. The second-order valence-electron chi connectivity index (χ2n) is 5.67. The number of amides is 1. The first kappa shape index (κ1) is 18.9. The lowest BCUT2D eigenvalue weighted by molar-refractivity contribution is 0.0981. The number of rotatable bonds is 5. The zero-order valence-electron chi connectivity index (χ0n) is 14.3. The Morgan fingerprint density at radius 3 is 2.37 bits per heavy atom.